The molecule has 158 valence electrons. The zero-order valence-electron chi connectivity index (χ0n) is 16.7. The monoisotopic (exact) mass is 415 g/mol. The lowest BCUT2D eigenvalue weighted by atomic mass is 10.1. The highest BCUT2D eigenvalue weighted by atomic mass is 35.5. The van der Waals surface area contributed by atoms with Gasteiger partial charge in [-0.05, 0) is 63.4 Å². The maximum absolute atomic E-state index is 9.10. The van der Waals surface area contributed by atoms with E-state index in [9.17, 15) is 0 Å². The summed E-state index contributed by atoms with van der Waals surface area (Å²) in [5, 5.41) is 15.6. The first-order valence-corrected chi connectivity index (χ1v) is 9.86. The molecule has 1 aliphatic heterocycles. The number of morpholine rings is 1. The SMILES string of the molecule is CCc1cc(OCCCCN2CC(C)OC(C)C2)ccc1Cl.O=C(O)C(=O)O. The van der Waals surface area contributed by atoms with E-state index in [1.54, 1.807) is 0 Å². The van der Waals surface area contributed by atoms with Gasteiger partial charge < -0.3 is 19.7 Å². The standard InChI is InChI=1S/C18H28ClNO2.C2H2O4/c1-4-16-11-17(7-8-18(16)19)21-10-6-5-9-20-12-14(2)22-15(3)13-20;3-1(4)2(5)6/h7-8,11,14-15H,4-6,9-10,12-13H2,1-3H3;(H,3,4)(H,5,6). The van der Waals surface area contributed by atoms with Crippen LogP contribution in [0.1, 0.15) is 39.2 Å². The van der Waals surface area contributed by atoms with Crippen molar-refractivity contribution < 1.29 is 29.3 Å². The number of aryl methyl sites for hydroxylation is 1. The van der Waals surface area contributed by atoms with Crippen LogP contribution in [0.15, 0.2) is 18.2 Å². The van der Waals surface area contributed by atoms with Gasteiger partial charge in [-0.1, -0.05) is 18.5 Å². The first-order chi connectivity index (χ1) is 13.2. The number of ether oxygens (including phenoxy) is 2. The number of carboxylic acid groups (broad SMARTS) is 2. The van der Waals surface area contributed by atoms with Crippen LogP contribution in [0.5, 0.6) is 5.75 Å². The summed E-state index contributed by atoms with van der Waals surface area (Å²) < 4.78 is 11.6. The normalized spacial score (nSPS) is 19.4. The van der Waals surface area contributed by atoms with Crippen molar-refractivity contribution in [3.8, 4) is 5.75 Å². The molecule has 1 aromatic carbocycles. The van der Waals surface area contributed by atoms with Gasteiger partial charge in [0.15, 0.2) is 0 Å². The van der Waals surface area contributed by atoms with Gasteiger partial charge in [-0.3, -0.25) is 4.90 Å². The van der Waals surface area contributed by atoms with Crippen LogP contribution >= 0.6 is 11.6 Å². The average Bonchev–Trinajstić information content (AvgIpc) is 2.62. The Kier molecular flexibility index (Phi) is 10.9. The second-order valence-electron chi connectivity index (χ2n) is 6.79. The Morgan fingerprint density at radius 3 is 2.32 bits per heavy atom. The topological polar surface area (TPSA) is 96.3 Å². The molecule has 2 atom stereocenters. The minimum Gasteiger partial charge on any atom is -0.494 e. The molecule has 2 unspecified atom stereocenters. The van der Waals surface area contributed by atoms with Crippen molar-refractivity contribution in [2.24, 2.45) is 0 Å². The zero-order chi connectivity index (χ0) is 21.1. The molecular weight excluding hydrogens is 386 g/mol. The number of nitrogens with zero attached hydrogens (tertiary/aromatic N) is 1. The molecule has 1 fully saturated rings. The predicted octanol–water partition coefficient (Wildman–Crippen LogP) is 3.33. The highest BCUT2D eigenvalue weighted by Gasteiger charge is 2.21. The summed E-state index contributed by atoms with van der Waals surface area (Å²) in [7, 11) is 0. The van der Waals surface area contributed by atoms with Gasteiger partial charge in [0.25, 0.3) is 0 Å². The van der Waals surface area contributed by atoms with Gasteiger partial charge in [0.2, 0.25) is 0 Å². The Balaban J connectivity index is 0.000000568. The van der Waals surface area contributed by atoms with Crippen LogP contribution < -0.4 is 4.74 Å². The van der Waals surface area contributed by atoms with Crippen molar-refractivity contribution in [3.05, 3.63) is 28.8 Å². The van der Waals surface area contributed by atoms with Crippen molar-refractivity contribution in [2.45, 2.75) is 52.2 Å². The molecule has 1 heterocycles. The van der Waals surface area contributed by atoms with Crippen molar-refractivity contribution in [3.63, 3.8) is 0 Å². The van der Waals surface area contributed by atoms with Gasteiger partial charge in [0.1, 0.15) is 5.75 Å². The summed E-state index contributed by atoms with van der Waals surface area (Å²) in [4.78, 5) is 20.7. The van der Waals surface area contributed by atoms with Crippen LogP contribution in [0.4, 0.5) is 0 Å². The molecule has 1 aromatic rings. The van der Waals surface area contributed by atoms with E-state index in [1.807, 2.05) is 18.2 Å². The summed E-state index contributed by atoms with van der Waals surface area (Å²) >= 11 is 6.12. The van der Waals surface area contributed by atoms with Gasteiger partial charge in [0, 0.05) is 18.1 Å². The Labute approximate surface area is 171 Å². The van der Waals surface area contributed by atoms with Crippen molar-refractivity contribution >= 4 is 23.5 Å². The van der Waals surface area contributed by atoms with Crippen LogP contribution in [-0.2, 0) is 20.7 Å². The first-order valence-electron chi connectivity index (χ1n) is 9.48. The highest BCUT2D eigenvalue weighted by Crippen LogP contribution is 2.22. The number of unbranched alkanes of at least 4 members (excludes halogenated alkanes) is 1. The quantitative estimate of drug-likeness (QED) is 0.520. The first kappa shape index (κ1) is 24.2. The molecule has 0 radical (unpaired) electrons. The Bertz CT molecular complexity index is 617. The van der Waals surface area contributed by atoms with E-state index in [1.165, 1.54) is 0 Å². The van der Waals surface area contributed by atoms with E-state index >= 15 is 0 Å². The minimum absolute atomic E-state index is 0.349. The number of carboxylic acids is 2. The van der Waals surface area contributed by atoms with Crippen molar-refractivity contribution in [1.82, 2.24) is 4.90 Å². The maximum atomic E-state index is 9.10. The third-order valence-electron chi connectivity index (χ3n) is 4.21. The van der Waals surface area contributed by atoms with Crippen molar-refractivity contribution in [1.29, 1.82) is 0 Å². The van der Waals surface area contributed by atoms with E-state index in [0.717, 1.165) is 61.8 Å². The molecule has 0 bridgehead atoms. The molecule has 28 heavy (non-hydrogen) atoms. The van der Waals surface area contributed by atoms with Gasteiger partial charge in [0.05, 0.1) is 18.8 Å². The summed E-state index contributed by atoms with van der Waals surface area (Å²) in [6.07, 6.45) is 3.87. The third-order valence-corrected chi connectivity index (χ3v) is 4.58. The lowest BCUT2D eigenvalue weighted by Crippen LogP contribution is -2.45. The second-order valence-corrected chi connectivity index (χ2v) is 7.20. The molecule has 0 spiro atoms. The number of carbonyl (C=O) groups is 2. The fourth-order valence-electron chi connectivity index (χ4n) is 3.01. The molecule has 2 N–H and O–H groups in total. The molecule has 2 rings (SSSR count). The van der Waals surface area contributed by atoms with Gasteiger partial charge >= 0.3 is 11.9 Å². The largest absolute Gasteiger partial charge is 0.494 e. The van der Waals surface area contributed by atoms with Crippen molar-refractivity contribution in [2.75, 3.05) is 26.2 Å². The number of halogens is 1. The van der Waals surface area contributed by atoms with Gasteiger partial charge in [-0.2, -0.15) is 0 Å². The van der Waals surface area contributed by atoms with E-state index in [-0.39, 0.29) is 0 Å². The van der Waals surface area contributed by atoms with E-state index in [2.05, 4.69) is 25.7 Å². The molecule has 0 aliphatic carbocycles. The lowest BCUT2D eigenvalue weighted by Gasteiger charge is -2.35. The summed E-state index contributed by atoms with van der Waals surface area (Å²) in [6, 6.07) is 5.92. The van der Waals surface area contributed by atoms with E-state index < -0.39 is 11.9 Å². The molecule has 0 saturated carbocycles. The summed E-state index contributed by atoms with van der Waals surface area (Å²) in [5.41, 5.74) is 1.15. The Hall–Kier alpha value is -1.83. The predicted molar refractivity (Wildman–Crippen MR) is 107 cm³/mol. The number of rotatable bonds is 7. The minimum atomic E-state index is -1.82. The summed E-state index contributed by atoms with van der Waals surface area (Å²) in [6.45, 7) is 10.4. The zero-order valence-corrected chi connectivity index (χ0v) is 17.4. The molecule has 7 nitrogen and oxygen atoms in total. The number of benzene rings is 1. The van der Waals surface area contributed by atoms with Crippen LogP contribution in [0.25, 0.3) is 0 Å². The number of aliphatic carboxylic acids is 2. The molecule has 1 aliphatic rings. The van der Waals surface area contributed by atoms with Crippen LogP contribution in [0.2, 0.25) is 5.02 Å². The van der Waals surface area contributed by atoms with Crippen LogP contribution in [0.3, 0.4) is 0 Å². The Morgan fingerprint density at radius 2 is 1.79 bits per heavy atom. The van der Waals surface area contributed by atoms with Gasteiger partial charge in [-0.15, -0.1) is 0 Å². The van der Waals surface area contributed by atoms with Crippen LogP contribution in [0, 0.1) is 0 Å². The average molecular weight is 416 g/mol. The fraction of sp³-hybridized carbons (Fsp3) is 0.600. The number of hydrogen-bond acceptors (Lipinski definition) is 5. The molecular formula is C20H30ClNO6. The lowest BCUT2D eigenvalue weighted by molar-refractivity contribution is -0.159. The number of hydrogen-bond donors (Lipinski definition) is 2. The van der Waals surface area contributed by atoms with E-state index in [0.29, 0.717) is 12.2 Å². The second kappa shape index (κ2) is 12.6. The van der Waals surface area contributed by atoms with Gasteiger partial charge in [-0.25, -0.2) is 9.59 Å². The maximum Gasteiger partial charge on any atom is 0.414 e. The molecule has 1 saturated heterocycles. The molecule has 0 amide bonds. The van der Waals surface area contributed by atoms with E-state index in [4.69, 9.17) is 40.9 Å². The summed E-state index contributed by atoms with van der Waals surface area (Å²) in [5.74, 6) is -2.72. The van der Waals surface area contributed by atoms with Crippen LogP contribution in [-0.4, -0.2) is 65.5 Å². The smallest absolute Gasteiger partial charge is 0.414 e. The molecule has 0 aromatic heterocycles. The Morgan fingerprint density at radius 1 is 1.18 bits per heavy atom. The third kappa shape index (κ3) is 9.39. The molecule has 8 heteroatoms. The highest BCUT2D eigenvalue weighted by molar-refractivity contribution is 6.31. The fourth-order valence-corrected chi connectivity index (χ4v) is 3.26.